The topological polar surface area (TPSA) is 127 Å². The zero-order valence-corrected chi connectivity index (χ0v) is 14.4. The summed E-state index contributed by atoms with van der Waals surface area (Å²) in [6, 6.07) is 8.02. The minimum Gasteiger partial charge on any atom is -0.399 e. The molecule has 0 saturated carbocycles. The lowest BCUT2D eigenvalue weighted by Gasteiger charge is -2.18. The van der Waals surface area contributed by atoms with E-state index in [2.05, 4.69) is 39.8 Å². The van der Waals surface area contributed by atoms with E-state index in [0.717, 1.165) is 11.4 Å². The van der Waals surface area contributed by atoms with Gasteiger partial charge in [0, 0.05) is 11.4 Å². The van der Waals surface area contributed by atoms with Crippen LogP contribution in [0, 0.1) is 27.7 Å². The first-order chi connectivity index (χ1) is 10.4. The van der Waals surface area contributed by atoms with Crippen LogP contribution in [0.3, 0.4) is 0 Å². The minimum absolute atomic E-state index is 0.790. The van der Waals surface area contributed by atoms with Crippen LogP contribution >= 0.6 is 0 Å². The van der Waals surface area contributed by atoms with Crippen LogP contribution in [0.25, 0.3) is 11.1 Å². The molecule has 0 atom stereocenters. The van der Waals surface area contributed by atoms with Crippen LogP contribution in [0.2, 0.25) is 0 Å². The van der Waals surface area contributed by atoms with E-state index in [9.17, 15) is 0 Å². The molecule has 6 nitrogen and oxygen atoms in total. The van der Waals surface area contributed by atoms with Crippen molar-refractivity contribution in [3.8, 4) is 11.1 Å². The Kier molecular flexibility index (Phi) is 5.76. The SMILES string of the molecule is Cc1c(C)c(-c2ccc(N)cc2)c(C)c(C)c1N.O=S(=O)(O)O. The Bertz CT molecular complexity index is 776. The van der Waals surface area contributed by atoms with Gasteiger partial charge in [-0.3, -0.25) is 9.11 Å². The van der Waals surface area contributed by atoms with Crippen LogP contribution in [0.5, 0.6) is 0 Å². The zero-order chi connectivity index (χ0) is 17.9. The van der Waals surface area contributed by atoms with Gasteiger partial charge in [0.1, 0.15) is 0 Å². The molecule has 2 aromatic rings. The summed E-state index contributed by atoms with van der Waals surface area (Å²) in [4.78, 5) is 0. The maximum Gasteiger partial charge on any atom is 0.394 e. The van der Waals surface area contributed by atoms with Gasteiger partial charge in [0.05, 0.1) is 0 Å². The van der Waals surface area contributed by atoms with Gasteiger partial charge in [-0.15, -0.1) is 0 Å². The van der Waals surface area contributed by atoms with Gasteiger partial charge in [-0.2, -0.15) is 8.42 Å². The Morgan fingerprint density at radius 2 is 1.13 bits per heavy atom. The molecule has 0 saturated heterocycles. The van der Waals surface area contributed by atoms with Gasteiger partial charge < -0.3 is 11.5 Å². The molecule has 0 unspecified atom stereocenters. The maximum absolute atomic E-state index is 8.74. The van der Waals surface area contributed by atoms with E-state index in [0.29, 0.717) is 0 Å². The molecule has 0 aliphatic rings. The van der Waals surface area contributed by atoms with E-state index < -0.39 is 10.4 Å². The molecule has 0 heterocycles. The van der Waals surface area contributed by atoms with Crippen LogP contribution in [-0.2, 0) is 10.4 Å². The van der Waals surface area contributed by atoms with E-state index in [1.165, 1.54) is 33.4 Å². The van der Waals surface area contributed by atoms with Crippen LogP contribution in [0.1, 0.15) is 22.3 Å². The van der Waals surface area contributed by atoms with Gasteiger partial charge in [0.25, 0.3) is 0 Å². The Hall–Kier alpha value is -2.09. The zero-order valence-electron chi connectivity index (χ0n) is 13.6. The fourth-order valence-corrected chi connectivity index (χ4v) is 2.42. The summed E-state index contributed by atoms with van der Waals surface area (Å²) in [7, 11) is -4.67. The van der Waals surface area contributed by atoms with Crippen molar-refractivity contribution < 1.29 is 17.5 Å². The van der Waals surface area contributed by atoms with Crippen molar-refractivity contribution in [3.05, 3.63) is 46.5 Å². The Balaban J connectivity index is 0.000000463. The highest BCUT2D eigenvalue weighted by atomic mass is 32.3. The number of hydrogen-bond acceptors (Lipinski definition) is 4. The third kappa shape index (κ3) is 4.95. The second-order valence-electron chi connectivity index (χ2n) is 5.36. The summed E-state index contributed by atoms with van der Waals surface area (Å²) in [5, 5.41) is 0. The Morgan fingerprint density at radius 1 is 0.783 bits per heavy atom. The quantitative estimate of drug-likeness (QED) is 0.467. The smallest absolute Gasteiger partial charge is 0.394 e. The van der Waals surface area contributed by atoms with Crippen LogP contribution in [0.15, 0.2) is 24.3 Å². The van der Waals surface area contributed by atoms with E-state index in [1.54, 1.807) is 0 Å². The van der Waals surface area contributed by atoms with Gasteiger partial charge in [-0.1, -0.05) is 12.1 Å². The third-order valence-corrected chi connectivity index (χ3v) is 3.88. The Labute approximate surface area is 136 Å². The average molecular weight is 338 g/mol. The first kappa shape index (κ1) is 19.0. The van der Waals surface area contributed by atoms with Crippen LogP contribution in [0.4, 0.5) is 11.4 Å². The highest BCUT2D eigenvalue weighted by Gasteiger charge is 2.13. The molecule has 2 rings (SSSR count). The molecule has 0 amide bonds. The lowest BCUT2D eigenvalue weighted by atomic mass is 9.88. The van der Waals surface area contributed by atoms with E-state index in [-0.39, 0.29) is 0 Å². The lowest BCUT2D eigenvalue weighted by molar-refractivity contribution is 0.381. The minimum atomic E-state index is -4.67. The second kappa shape index (κ2) is 6.99. The highest BCUT2D eigenvalue weighted by molar-refractivity contribution is 7.79. The molecule has 0 fully saturated rings. The fourth-order valence-electron chi connectivity index (χ4n) is 2.42. The first-order valence-corrected chi connectivity index (χ1v) is 8.24. The summed E-state index contributed by atoms with van der Waals surface area (Å²) in [5.74, 6) is 0. The molecule has 0 aliphatic carbocycles. The van der Waals surface area contributed by atoms with E-state index in [4.69, 9.17) is 29.0 Å². The summed E-state index contributed by atoms with van der Waals surface area (Å²) >= 11 is 0. The van der Waals surface area contributed by atoms with Crippen molar-refractivity contribution in [1.29, 1.82) is 0 Å². The predicted octanol–water partition coefficient (Wildman–Crippen LogP) is 3.10. The van der Waals surface area contributed by atoms with Gasteiger partial charge in [-0.25, -0.2) is 0 Å². The first-order valence-electron chi connectivity index (χ1n) is 6.85. The summed E-state index contributed by atoms with van der Waals surface area (Å²) in [5.41, 5.74) is 20.9. The van der Waals surface area contributed by atoms with Crippen molar-refractivity contribution in [2.45, 2.75) is 27.7 Å². The standard InChI is InChI=1S/C16H20N2.H2O4S/c1-9-11(3)16(18)12(4)10(2)15(9)13-5-7-14(17)8-6-13;1-5(2,3)4/h5-8H,17-18H2,1-4H3;(H2,1,2,3,4). The molecular formula is C16H22N2O4S. The summed E-state index contributed by atoms with van der Waals surface area (Å²) < 4.78 is 31.6. The van der Waals surface area contributed by atoms with Gasteiger partial charge in [0.15, 0.2) is 0 Å². The molecule has 2 aromatic carbocycles. The highest BCUT2D eigenvalue weighted by Crippen LogP contribution is 2.35. The Morgan fingerprint density at radius 3 is 1.48 bits per heavy atom. The van der Waals surface area contributed by atoms with E-state index >= 15 is 0 Å². The monoisotopic (exact) mass is 338 g/mol. The molecule has 0 radical (unpaired) electrons. The van der Waals surface area contributed by atoms with Crippen molar-refractivity contribution in [1.82, 2.24) is 0 Å². The van der Waals surface area contributed by atoms with Gasteiger partial charge >= 0.3 is 10.4 Å². The molecule has 0 aliphatic heterocycles. The normalized spacial score (nSPS) is 10.9. The van der Waals surface area contributed by atoms with Crippen molar-refractivity contribution in [2.75, 3.05) is 11.5 Å². The molecule has 0 bridgehead atoms. The molecule has 126 valence electrons. The molecule has 6 N–H and O–H groups in total. The molecular weight excluding hydrogens is 316 g/mol. The summed E-state index contributed by atoms with van der Waals surface area (Å²) in [6.07, 6.45) is 0. The predicted molar refractivity (Wildman–Crippen MR) is 93.8 cm³/mol. The average Bonchev–Trinajstić information content (AvgIpc) is 2.43. The molecule has 23 heavy (non-hydrogen) atoms. The number of nitrogens with two attached hydrogens (primary N) is 2. The lowest BCUT2D eigenvalue weighted by Crippen LogP contribution is -2.02. The number of nitrogen functional groups attached to an aromatic ring is 2. The number of rotatable bonds is 1. The van der Waals surface area contributed by atoms with E-state index in [1.807, 2.05) is 12.1 Å². The maximum atomic E-state index is 8.74. The molecule has 0 aromatic heterocycles. The van der Waals surface area contributed by atoms with Crippen molar-refractivity contribution in [3.63, 3.8) is 0 Å². The van der Waals surface area contributed by atoms with Gasteiger partial charge in [0.2, 0.25) is 0 Å². The number of hydrogen-bond donors (Lipinski definition) is 4. The fraction of sp³-hybridized carbons (Fsp3) is 0.250. The third-order valence-electron chi connectivity index (χ3n) is 3.88. The van der Waals surface area contributed by atoms with Crippen molar-refractivity contribution in [2.24, 2.45) is 0 Å². The van der Waals surface area contributed by atoms with Crippen LogP contribution in [-0.4, -0.2) is 17.5 Å². The second-order valence-corrected chi connectivity index (χ2v) is 6.25. The number of anilines is 2. The van der Waals surface area contributed by atoms with Gasteiger partial charge in [-0.05, 0) is 73.2 Å². The van der Waals surface area contributed by atoms with Crippen molar-refractivity contribution >= 4 is 21.8 Å². The molecule has 0 spiro atoms. The van der Waals surface area contributed by atoms with Crippen LogP contribution < -0.4 is 11.5 Å². The summed E-state index contributed by atoms with van der Waals surface area (Å²) in [6.45, 7) is 8.42. The number of benzene rings is 2. The largest absolute Gasteiger partial charge is 0.399 e. The molecule has 7 heteroatoms.